The van der Waals surface area contributed by atoms with Crippen LogP contribution in [-0.2, 0) is 42.8 Å². The fraction of sp³-hybridized carbons (Fsp3) is 0.172. The third-order valence-corrected chi connectivity index (χ3v) is 23.2. The van der Waals surface area contributed by atoms with Crippen LogP contribution in [0.1, 0.15) is 111 Å². The molecule has 5 nitrogen and oxygen atoms in total. The molecule has 11 aromatic carbocycles. The van der Waals surface area contributed by atoms with E-state index in [4.69, 9.17) is 9.72 Å². The average molecular weight is 1380 g/mol. The minimum atomic E-state index is -0.929. The van der Waals surface area contributed by atoms with Crippen LogP contribution in [0.4, 0.5) is 17.1 Å². The predicted octanol–water partition coefficient (Wildman–Crippen LogP) is 20.2. The van der Waals surface area contributed by atoms with Gasteiger partial charge in [-0.25, -0.2) is 4.98 Å². The van der Waals surface area contributed by atoms with Crippen LogP contribution in [0, 0.1) is 43.5 Å². The zero-order valence-corrected chi connectivity index (χ0v) is 53.9. The Labute approximate surface area is 558 Å². The van der Waals surface area contributed by atoms with Crippen molar-refractivity contribution in [2.45, 2.75) is 73.2 Å². The molecule has 0 radical (unpaired) electrons. The number of hydrogen-bond acceptors (Lipinski definition) is 4. The molecule has 0 amide bonds. The van der Waals surface area contributed by atoms with E-state index in [2.05, 4.69) is 301 Å². The van der Waals surface area contributed by atoms with Gasteiger partial charge < -0.3 is 19.1 Å². The molecule has 0 saturated heterocycles. The second-order valence-electron chi connectivity index (χ2n) is 27.6. The van der Waals surface area contributed by atoms with Crippen molar-refractivity contribution in [2.24, 2.45) is 17.8 Å². The molecule has 0 spiro atoms. The number of rotatable bonds is 9. The van der Waals surface area contributed by atoms with Gasteiger partial charge in [0.25, 0.3) is 0 Å². The monoisotopic (exact) mass is 1380 g/mol. The van der Waals surface area contributed by atoms with Crippen molar-refractivity contribution in [3.63, 3.8) is 0 Å². The van der Waals surface area contributed by atoms with Gasteiger partial charge in [-0.3, -0.25) is 0 Å². The molecule has 6 heteroatoms. The van der Waals surface area contributed by atoms with Crippen molar-refractivity contribution >= 4 is 38.9 Å². The fourth-order valence-electron chi connectivity index (χ4n) is 20.4. The topological polar surface area (TPSA) is 33.5 Å². The molecule has 452 valence electrons. The van der Waals surface area contributed by atoms with Gasteiger partial charge in [-0.2, -0.15) is 18.8 Å². The maximum Gasteiger partial charge on any atom is 0.135 e. The van der Waals surface area contributed by atoms with Crippen molar-refractivity contribution in [2.75, 3.05) is 9.80 Å². The molecule has 24 rings (SSSR count). The van der Waals surface area contributed by atoms with Gasteiger partial charge in [0.1, 0.15) is 5.82 Å². The second-order valence-corrected chi connectivity index (χ2v) is 27.6. The average Bonchev–Trinajstić information content (AvgIpc) is 1.08. The van der Waals surface area contributed by atoms with Crippen LogP contribution in [0.15, 0.2) is 273 Å². The molecule has 3 heterocycles. The Morgan fingerprint density at radius 3 is 1.70 bits per heavy atom. The molecule has 4 saturated carbocycles. The summed E-state index contributed by atoms with van der Waals surface area (Å²) in [5.74, 6) is 4.72. The van der Waals surface area contributed by atoms with E-state index < -0.39 is 16.4 Å². The summed E-state index contributed by atoms with van der Waals surface area (Å²) < 4.78 is 9.25. The normalized spacial score (nSPS) is 24.6. The molecular formula is C87H65N4OPt-3. The number of hydrogen-bond donors (Lipinski definition) is 0. The minimum Gasteiger partial charge on any atom is -0.509 e. The minimum absolute atomic E-state index is 0. The quantitative estimate of drug-likeness (QED) is 0.135. The van der Waals surface area contributed by atoms with Crippen molar-refractivity contribution in [3.8, 4) is 28.4 Å². The van der Waals surface area contributed by atoms with Crippen molar-refractivity contribution in [1.29, 1.82) is 0 Å². The first kappa shape index (κ1) is 55.1. The summed E-state index contributed by atoms with van der Waals surface area (Å²) in [6, 6.07) is 108. The summed E-state index contributed by atoms with van der Waals surface area (Å²) in [7, 11) is 0. The van der Waals surface area contributed by atoms with E-state index in [1.165, 1.54) is 105 Å². The molecular weight excluding hydrogens is 1310 g/mol. The molecule has 2 aromatic heterocycles. The molecule has 0 N–H and O–H groups in total. The first-order valence-corrected chi connectivity index (χ1v) is 33.2. The van der Waals surface area contributed by atoms with E-state index in [0.717, 1.165) is 68.0 Å². The Balaban J connectivity index is 0.00000616. The molecule has 0 unspecified atom stereocenters. The second kappa shape index (κ2) is 20.5. The van der Waals surface area contributed by atoms with Crippen LogP contribution in [0.5, 0.6) is 11.5 Å². The number of benzene rings is 11. The van der Waals surface area contributed by atoms with Gasteiger partial charge in [0.2, 0.25) is 0 Å². The maximum absolute atomic E-state index is 7.00. The Hall–Kier alpha value is -9.54. The number of aromatic nitrogens is 2. The van der Waals surface area contributed by atoms with Gasteiger partial charge in [-0.1, -0.05) is 218 Å². The zero-order valence-electron chi connectivity index (χ0n) is 51.6. The van der Waals surface area contributed by atoms with E-state index in [1.807, 2.05) is 12.1 Å². The van der Waals surface area contributed by atoms with Crippen molar-refractivity contribution in [3.05, 3.63) is 359 Å². The Morgan fingerprint density at radius 2 is 1.04 bits per heavy atom. The van der Waals surface area contributed by atoms with Crippen LogP contribution in [0.25, 0.3) is 38.8 Å². The van der Waals surface area contributed by atoms with Crippen molar-refractivity contribution in [1.82, 2.24) is 9.55 Å². The van der Waals surface area contributed by atoms with E-state index in [0.29, 0.717) is 16.9 Å². The number of pyridine rings is 1. The van der Waals surface area contributed by atoms with Gasteiger partial charge in [0, 0.05) is 67.1 Å². The van der Waals surface area contributed by atoms with Gasteiger partial charge in [0.15, 0.2) is 0 Å². The number of anilines is 3. The maximum atomic E-state index is 7.00. The standard InChI is InChI=1S/C87H65N4O.Pt/c1-56-45-82(88-54-71(56)60-39-41-61(42-40-60)84-51-57-46-58(52-84)48-59(47-57)53-84)91-78-36-17-10-27-67(78)68-44-43-66(50-81(68)91)92-65-26-20-25-64(49-65)89-55-90(80-38-19-18-37-79(80)89)87-72-30-11-8-28-69(72)83(70-29-9-12-31-73(70)87)85(62-21-4-2-5-22-62)74-32-13-15-34-76(74)86(87,63-23-6-3-7-24-63)77-35-16-14-33-75(77)85;/h2-45,54-55,57-59,83H,46-48,51-53H2,1H3;/q-3;. The number of fused-ring (bicyclic) bond motifs is 4. The summed E-state index contributed by atoms with van der Waals surface area (Å²) in [6.07, 6.45) is 10.6. The van der Waals surface area contributed by atoms with Crippen LogP contribution in [-0.4, -0.2) is 9.55 Å². The number of aryl methyl sites for hydroxylation is 1. The van der Waals surface area contributed by atoms with E-state index >= 15 is 0 Å². The number of ether oxygens (including phenoxy) is 1. The number of para-hydroxylation sites is 3. The largest absolute Gasteiger partial charge is 0.509 e. The van der Waals surface area contributed by atoms with Gasteiger partial charge in [0.05, 0.1) is 16.4 Å². The molecule has 8 bridgehead atoms. The fourth-order valence-corrected chi connectivity index (χ4v) is 20.4. The smallest absolute Gasteiger partial charge is 0.135 e. The van der Waals surface area contributed by atoms with Crippen LogP contribution >= 0.6 is 0 Å². The van der Waals surface area contributed by atoms with Crippen LogP contribution < -0.4 is 14.5 Å². The first-order chi connectivity index (χ1) is 45.4. The summed E-state index contributed by atoms with van der Waals surface area (Å²) in [4.78, 5) is 10.3. The molecule has 93 heavy (non-hydrogen) atoms. The Morgan fingerprint density at radius 1 is 0.484 bits per heavy atom. The third kappa shape index (κ3) is 7.41. The predicted molar refractivity (Wildman–Crippen MR) is 369 cm³/mol. The molecule has 13 aromatic rings. The summed E-state index contributed by atoms with van der Waals surface area (Å²) >= 11 is 0. The van der Waals surface area contributed by atoms with Crippen LogP contribution in [0.3, 0.4) is 0 Å². The van der Waals surface area contributed by atoms with Gasteiger partial charge in [-0.15, -0.1) is 41.4 Å². The summed E-state index contributed by atoms with van der Waals surface area (Å²) in [6.45, 7) is 4.60. The first-order valence-electron chi connectivity index (χ1n) is 33.2. The molecule has 4 fully saturated rings. The Kier molecular flexibility index (Phi) is 12.1. The Bertz CT molecular complexity index is 5040. The van der Waals surface area contributed by atoms with Gasteiger partial charge in [-0.05, 0) is 171 Å². The summed E-state index contributed by atoms with van der Waals surface area (Å²) in [5.41, 5.74) is 21.1. The van der Waals surface area contributed by atoms with E-state index in [-0.39, 0.29) is 27.0 Å². The number of nitrogens with zero attached hydrogens (tertiary/aromatic N) is 4. The van der Waals surface area contributed by atoms with Crippen molar-refractivity contribution < 1.29 is 25.8 Å². The van der Waals surface area contributed by atoms with E-state index in [1.54, 1.807) is 5.56 Å². The van der Waals surface area contributed by atoms with Gasteiger partial charge >= 0.3 is 0 Å². The summed E-state index contributed by atoms with van der Waals surface area (Å²) in [5, 5.41) is 2.23. The zero-order chi connectivity index (χ0) is 60.5. The molecule has 10 aliphatic carbocycles. The van der Waals surface area contributed by atoms with Crippen LogP contribution in [0.2, 0.25) is 0 Å². The van der Waals surface area contributed by atoms with E-state index in [9.17, 15) is 0 Å². The third-order valence-electron chi connectivity index (χ3n) is 23.2. The SMILES string of the molecule is Cc1cc(-n2c3[c-]c(Oc4[c-]c(N5[CH-]N(C67c8ccccc8C(c8ccccc86)C6(c8ccccc8)c8ccccc8C7(c7ccccc7)c7ccccc76)c6ccccc65)ccc4)ccc3c3ccccc32)ncc1-c1ccc(C23CC4CC(CC(C4)C2)C3)cc1.[Pt]. The molecule has 1 aliphatic heterocycles. The molecule has 0 atom stereocenters. The molecule has 11 aliphatic rings.